The fourth-order valence-corrected chi connectivity index (χ4v) is 1.40. The molecular formula is C12H16F7NO4. The zero-order valence-electron chi connectivity index (χ0n) is 12.7. The highest BCUT2D eigenvalue weighted by atomic mass is 19.4. The molecule has 0 saturated heterocycles. The van der Waals surface area contributed by atoms with Gasteiger partial charge in [0.1, 0.15) is 6.04 Å². The van der Waals surface area contributed by atoms with Crippen molar-refractivity contribution >= 4 is 12.1 Å². The van der Waals surface area contributed by atoms with E-state index >= 15 is 0 Å². The Morgan fingerprint density at radius 1 is 1.08 bits per heavy atom. The number of halogens is 7. The van der Waals surface area contributed by atoms with Crippen molar-refractivity contribution in [3.63, 3.8) is 0 Å². The highest BCUT2D eigenvalue weighted by Gasteiger charge is 2.73. The van der Waals surface area contributed by atoms with Crippen molar-refractivity contribution in [3.8, 4) is 0 Å². The maximum absolute atomic E-state index is 13.4. The van der Waals surface area contributed by atoms with Crippen molar-refractivity contribution in [1.29, 1.82) is 0 Å². The van der Waals surface area contributed by atoms with Crippen LogP contribution < -0.4 is 5.32 Å². The summed E-state index contributed by atoms with van der Waals surface area (Å²) in [5.74, 6) is -13.6. The van der Waals surface area contributed by atoms with Crippen LogP contribution in [0.4, 0.5) is 35.5 Å². The Labute approximate surface area is 132 Å². The van der Waals surface area contributed by atoms with E-state index in [9.17, 15) is 40.3 Å². The molecule has 0 aliphatic heterocycles. The minimum absolute atomic E-state index is 0.282. The van der Waals surface area contributed by atoms with Crippen molar-refractivity contribution in [3.05, 3.63) is 0 Å². The van der Waals surface area contributed by atoms with Crippen LogP contribution in [0.5, 0.6) is 0 Å². The second kappa shape index (κ2) is 8.38. The van der Waals surface area contributed by atoms with Gasteiger partial charge < -0.3 is 14.8 Å². The molecule has 0 radical (unpaired) electrons. The Morgan fingerprint density at radius 2 is 1.62 bits per heavy atom. The van der Waals surface area contributed by atoms with Crippen LogP contribution in [0.2, 0.25) is 0 Å². The Hall–Kier alpha value is -1.75. The fraction of sp³-hybridized carbons (Fsp3) is 0.833. The SMILES string of the molecule is CCCCOC(=O)C(CC(F)(F)C(F)(F)C(F)(F)F)NC(=O)OC. The van der Waals surface area contributed by atoms with Crippen LogP contribution in [0.3, 0.4) is 0 Å². The van der Waals surface area contributed by atoms with Crippen LogP contribution in [0, 0.1) is 0 Å². The number of hydrogen-bond acceptors (Lipinski definition) is 4. The first-order chi connectivity index (χ1) is 10.8. The zero-order chi connectivity index (χ0) is 19.2. The zero-order valence-corrected chi connectivity index (χ0v) is 12.7. The average molecular weight is 371 g/mol. The lowest BCUT2D eigenvalue weighted by Gasteiger charge is -2.30. The number of ether oxygens (including phenoxy) is 2. The van der Waals surface area contributed by atoms with Gasteiger partial charge in [-0.1, -0.05) is 13.3 Å². The number of esters is 1. The number of methoxy groups -OCH3 is 1. The van der Waals surface area contributed by atoms with Crippen LogP contribution in [-0.2, 0) is 14.3 Å². The summed E-state index contributed by atoms with van der Waals surface area (Å²) in [6.45, 7) is 1.41. The Kier molecular flexibility index (Phi) is 7.77. The average Bonchev–Trinajstić information content (AvgIpc) is 2.44. The van der Waals surface area contributed by atoms with E-state index in [4.69, 9.17) is 0 Å². The van der Waals surface area contributed by atoms with Gasteiger partial charge in [0.05, 0.1) is 13.7 Å². The van der Waals surface area contributed by atoms with Gasteiger partial charge in [0.25, 0.3) is 0 Å². The Bertz CT molecular complexity index is 440. The van der Waals surface area contributed by atoms with E-state index in [0.717, 1.165) is 7.11 Å². The molecule has 0 bridgehead atoms. The monoisotopic (exact) mass is 371 g/mol. The maximum Gasteiger partial charge on any atom is 0.459 e. The minimum atomic E-state index is -6.54. The van der Waals surface area contributed by atoms with E-state index in [1.807, 2.05) is 0 Å². The number of rotatable bonds is 8. The van der Waals surface area contributed by atoms with Crippen molar-refractivity contribution in [1.82, 2.24) is 5.32 Å². The molecule has 1 unspecified atom stereocenters. The molecule has 0 fully saturated rings. The highest BCUT2D eigenvalue weighted by Crippen LogP contribution is 2.48. The molecule has 12 heteroatoms. The van der Waals surface area contributed by atoms with Crippen LogP contribution in [0.15, 0.2) is 0 Å². The lowest BCUT2D eigenvalue weighted by molar-refractivity contribution is -0.356. The molecule has 142 valence electrons. The number of unbranched alkanes of at least 4 members (excludes halogenated alkanes) is 1. The van der Waals surface area contributed by atoms with Crippen LogP contribution >= 0.6 is 0 Å². The van der Waals surface area contributed by atoms with Gasteiger partial charge in [0, 0.05) is 6.42 Å². The van der Waals surface area contributed by atoms with Crippen LogP contribution in [0.1, 0.15) is 26.2 Å². The summed E-state index contributed by atoms with van der Waals surface area (Å²) in [6, 6.07) is -2.45. The van der Waals surface area contributed by atoms with E-state index in [2.05, 4.69) is 9.47 Å². The Morgan fingerprint density at radius 3 is 2.04 bits per heavy atom. The molecule has 1 amide bonds. The number of alkyl carbamates (subject to hydrolysis) is 1. The summed E-state index contributed by atoms with van der Waals surface area (Å²) >= 11 is 0. The molecule has 0 heterocycles. The normalized spacial score (nSPS) is 14.0. The summed E-state index contributed by atoms with van der Waals surface area (Å²) in [5.41, 5.74) is 0. The molecule has 0 aliphatic carbocycles. The van der Waals surface area contributed by atoms with Crippen molar-refractivity contribution in [2.75, 3.05) is 13.7 Å². The van der Waals surface area contributed by atoms with Gasteiger partial charge in [-0.3, -0.25) is 0 Å². The summed E-state index contributed by atoms with van der Waals surface area (Å²) < 4.78 is 97.3. The number of nitrogens with one attached hydrogen (secondary N) is 1. The van der Waals surface area contributed by atoms with Gasteiger partial charge in [-0.15, -0.1) is 0 Å². The largest absolute Gasteiger partial charge is 0.464 e. The van der Waals surface area contributed by atoms with Crippen LogP contribution in [0.25, 0.3) is 0 Å². The molecule has 1 atom stereocenters. The number of carbonyl (C=O) groups excluding carboxylic acids is 2. The van der Waals surface area contributed by atoms with E-state index in [0.29, 0.717) is 12.8 Å². The second-order valence-electron chi connectivity index (χ2n) is 4.69. The van der Waals surface area contributed by atoms with Gasteiger partial charge in [0.15, 0.2) is 0 Å². The molecule has 0 aromatic heterocycles. The quantitative estimate of drug-likeness (QED) is 0.404. The molecule has 0 aliphatic rings. The van der Waals surface area contributed by atoms with Crippen LogP contribution in [-0.4, -0.2) is 49.8 Å². The molecule has 0 saturated carbocycles. The number of amides is 1. The summed E-state index contributed by atoms with van der Waals surface area (Å²) in [7, 11) is 0.775. The van der Waals surface area contributed by atoms with Gasteiger partial charge >= 0.3 is 30.1 Å². The standard InChI is InChI=1S/C12H16F7NO4/c1-3-4-5-24-8(21)7(20-9(22)23-2)6-10(13,14)11(15,16)12(17,18)19/h7H,3-6H2,1-2H3,(H,20,22). The summed E-state index contributed by atoms with van der Waals surface area (Å²) in [4.78, 5) is 22.6. The highest BCUT2D eigenvalue weighted by molar-refractivity contribution is 5.81. The third-order valence-corrected chi connectivity index (χ3v) is 2.78. The van der Waals surface area contributed by atoms with Crippen molar-refractivity contribution in [2.45, 2.75) is 50.2 Å². The molecule has 24 heavy (non-hydrogen) atoms. The van der Waals surface area contributed by atoms with Crippen molar-refractivity contribution < 1.29 is 49.8 Å². The number of carbonyl (C=O) groups is 2. The molecule has 0 aromatic carbocycles. The molecule has 0 rings (SSSR count). The van der Waals surface area contributed by atoms with Gasteiger partial charge in [0.2, 0.25) is 0 Å². The maximum atomic E-state index is 13.4. The molecular weight excluding hydrogens is 355 g/mol. The smallest absolute Gasteiger partial charge is 0.459 e. The van der Waals surface area contributed by atoms with Gasteiger partial charge in [-0.2, -0.15) is 30.7 Å². The second-order valence-corrected chi connectivity index (χ2v) is 4.69. The lowest BCUT2D eigenvalue weighted by atomic mass is 10.0. The number of alkyl halides is 7. The first-order valence-electron chi connectivity index (χ1n) is 6.63. The first-order valence-corrected chi connectivity index (χ1v) is 6.63. The third kappa shape index (κ3) is 5.71. The summed E-state index contributed by atoms with van der Waals surface area (Å²) in [5, 5.41) is 1.46. The lowest BCUT2D eigenvalue weighted by Crippen LogP contribution is -2.56. The van der Waals surface area contributed by atoms with E-state index < -0.39 is 42.5 Å². The molecule has 1 N–H and O–H groups in total. The predicted molar refractivity (Wildman–Crippen MR) is 65.8 cm³/mol. The molecule has 5 nitrogen and oxygen atoms in total. The number of hydrogen-bond donors (Lipinski definition) is 1. The third-order valence-electron chi connectivity index (χ3n) is 2.78. The molecule has 0 aromatic rings. The molecule has 0 spiro atoms. The first kappa shape index (κ1) is 22.2. The van der Waals surface area contributed by atoms with E-state index in [1.165, 1.54) is 5.32 Å². The van der Waals surface area contributed by atoms with E-state index in [-0.39, 0.29) is 6.61 Å². The predicted octanol–water partition coefficient (Wildman–Crippen LogP) is 3.28. The fourth-order valence-electron chi connectivity index (χ4n) is 1.40. The van der Waals surface area contributed by atoms with Gasteiger partial charge in [-0.05, 0) is 6.42 Å². The topological polar surface area (TPSA) is 64.6 Å². The summed E-state index contributed by atoms with van der Waals surface area (Å²) in [6.07, 6.45) is -9.51. The minimum Gasteiger partial charge on any atom is -0.464 e. The van der Waals surface area contributed by atoms with Gasteiger partial charge in [-0.25, -0.2) is 9.59 Å². The van der Waals surface area contributed by atoms with E-state index in [1.54, 1.807) is 6.92 Å². The Balaban J connectivity index is 5.29. The van der Waals surface area contributed by atoms with Crippen molar-refractivity contribution in [2.24, 2.45) is 0 Å².